The number of rotatable bonds is 11. The lowest BCUT2D eigenvalue weighted by Crippen LogP contribution is -2.43. The molecule has 0 fully saturated rings. The maximum absolute atomic E-state index is 14.4. The first-order chi connectivity index (χ1) is 17.0. The van der Waals surface area contributed by atoms with Crippen molar-refractivity contribution in [2.75, 3.05) is 25.0 Å². The molecule has 0 amide bonds. The summed E-state index contributed by atoms with van der Waals surface area (Å²) in [6, 6.07) is 20.1. The third-order valence-electron chi connectivity index (χ3n) is 5.85. The second-order valence-corrected chi connectivity index (χ2v) is 9.58. The van der Waals surface area contributed by atoms with Crippen LogP contribution in [0.3, 0.4) is 0 Å². The number of ether oxygens (including phenoxy) is 3. The lowest BCUT2D eigenvalue weighted by Gasteiger charge is -2.35. The number of hydrogen-bond acceptors (Lipinski definition) is 5. The third kappa shape index (κ3) is 5.06. The van der Waals surface area contributed by atoms with Crippen molar-refractivity contribution in [1.29, 1.82) is 0 Å². The molecule has 0 aromatic heterocycles. The standard InChI is InChI=1S/C27H23BrCl2O5/c28-20-8-6-19(7-9-20)27(22(10-13-31)18-4-2-1-3-5-18)26(32)25-23(34-15-12-30)16-21(33-14-11-29)17-24(25)35-27/h1-9,13,16-17,22H,10-12,14-15H2/t22-,27-/m1/s1. The van der Waals surface area contributed by atoms with E-state index in [1.165, 1.54) is 0 Å². The number of ketones is 1. The van der Waals surface area contributed by atoms with Crippen LogP contribution >= 0.6 is 39.1 Å². The van der Waals surface area contributed by atoms with E-state index in [2.05, 4.69) is 15.9 Å². The normalized spacial score (nSPS) is 17.4. The first-order valence-electron chi connectivity index (χ1n) is 11.1. The number of aldehydes is 1. The van der Waals surface area contributed by atoms with Gasteiger partial charge in [0.2, 0.25) is 11.4 Å². The van der Waals surface area contributed by atoms with E-state index in [4.69, 9.17) is 37.4 Å². The monoisotopic (exact) mass is 576 g/mol. The number of carbonyl (C=O) groups is 2. The van der Waals surface area contributed by atoms with Gasteiger partial charge in [-0.15, -0.1) is 23.2 Å². The number of halogens is 3. The van der Waals surface area contributed by atoms with Crippen LogP contribution in [-0.2, 0) is 10.4 Å². The zero-order valence-corrected chi connectivity index (χ0v) is 21.8. The molecule has 0 unspecified atom stereocenters. The van der Waals surface area contributed by atoms with Crippen LogP contribution < -0.4 is 14.2 Å². The molecule has 2 atom stereocenters. The van der Waals surface area contributed by atoms with E-state index >= 15 is 0 Å². The van der Waals surface area contributed by atoms with Gasteiger partial charge in [0.15, 0.2) is 0 Å². The van der Waals surface area contributed by atoms with Crippen molar-refractivity contribution in [3.05, 3.63) is 87.9 Å². The van der Waals surface area contributed by atoms with Gasteiger partial charge in [-0.05, 0) is 17.7 Å². The molecule has 35 heavy (non-hydrogen) atoms. The Morgan fingerprint density at radius 2 is 1.66 bits per heavy atom. The molecule has 1 aliphatic heterocycles. The Balaban J connectivity index is 1.93. The Morgan fingerprint density at radius 1 is 0.971 bits per heavy atom. The number of fused-ring (bicyclic) bond motifs is 1. The molecule has 1 aliphatic rings. The fourth-order valence-corrected chi connectivity index (χ4v) is 4.83. The van der Waals surface area contributed by atoms with Crippen molar-refractivity contribution in [2.45, 2.75) is 17.9 Å². The maximum atomic E-state index is 14.4. The van der Waals surface area contributed by atoms with Gasteiger partial charge in [0.25, 0.3) is 0 Å². The van der Waals surface area contributed by atoms with E-state index in [1.807, 2.05) is 54.6 Å². The predicted octanol–water partition coefficient (Wildman–Crippen LogP) is 6.53. The zero-order valence-electron chi connectivity index (χ0n) is 18.7. The summed E-state index contributed by atoms with van der Waals surface area (Å²) in [5.74, 6) is 0.754. The molecule has 0 bridgehead atoms. The molecule has 1 heterocycles. The summed E-state index contributed by atoms with van der Waals surface area (Å²) < 4.78 is 19.0. The molecule has 0 N–H and O–H groups in total. The van der Waals surface area contributed by atoms with Crippen LogP contribution in [0.4, 0.5) is 0 Å². The van der Waals surface area contributed by atoms with Crippen molar-refractivity contribution in [2.24, 2.45) is 0 Å². The van der Waals surface area contributed by atoms with Gasteiger partial charge in [-0.3, -0.25) is 4.79 Å². The number of hydrogen-bond donors (Lipinski definition) is 0. The lowest BCUT2D eigenvalue weighted by molar-refractivity contribution is -0.109. The van der Waals surface area contributed by atoms with Gasteiger partial charge in [-0.2, -0.15) is 0 Å². The van der Waals surface area contributed by atoms with Crippen LogP contribution in [0.15, 0.2) is 71.2 Å². The summed E-state index contributed by atoms with van der Waals surface area (Å²) in [6.45, 7) is 0.473. The topological polar surface area (TPSA) is 61.8 Å². The molecular formula is C27H23BrCl2O5. The summed E-state index contributed by atoms with van der Waals surface area (Å²) in [5, 5.41) is 0. The number of Topliss-reactive ketones (excluding diaryl/α,β-unsaturated/α-hetero) is 1. The highest BCUT2D eigenvalue weighted by molar-refractivity contribution is 9.10. The van der Waals surface area contributed by atoms with Crippen LogP contribution in [0.2, 0.25) is 0 Å². The largest absolute Gasteiger partial charge is 0.492 e. The Morgan fingerprint density at radius 3 is 2.31 bits per heavy atom. The second-order valence-electron chi connectivity index (χ2n) is 7.91. The first kappa shape index (κ1) is 25.5. The fourth-order valence-electron chi connectivity index (χ4n) is 4.41. The number of alkyl halides is 2. The van der Waals surface area contributed by atoms with Crippen molar-refractivity contribution < 1.29 is 23.8 Å². The van der Waals surface area contributed by atoms with E-state index in [1.54, 1.807) is 12.1 Å². The van der Waals surface area contributed by atoms with E-state index in [0.29, 0.717) is 34.3 Å². The van der Waals surface area contributed by atoms with Crippen molar-refractivity contribution in [3.63, 3.8) is 0 Å². The average Bonchev–Trinajstić information content (AvgIpc) is 3.18. The lowest BCUT2D eigenvalue weighted by atomic mass is 9.72. The number of benzene rings is 3. The molecule has 182 valence electrons. The van der Waals surface area contributed by atoms with Crippen molar-refractivity contribution in [3.8, 4) is 17.2 Å². The van der Waals surface area contributed by atoms with Gasteiger partial charge in [-0.1, -0.05) is 58.4 Å². The highest BCUT2D eigenvalue weighted by Crippen LogP contribution is 2.54. The maximum Gasteiger partial charge on any atom is 0.219 e. The van der Waals surface area contributed by atoms with Gasteiger partial charge >= 0.3 is 0 Å². The summed E-state index contributed by atoms with van der Waals surface area (Å²) in [6.07, 6.45) is 0.894. The molecular weight excluding hydrogens is 555 g/mol. The average molecular weight is 578 g/mol. The molecule has 0 radical (unpaired) electrons. The molecule has 3 aromatic carbocycles. The van der Waals surface area contributed by atoms with Crippen molar-refractivity contribution >= 4 is 51.2 Å². The summed E-state index contributed by atoms with van der Waals surface area (Å²) >= 11 is 15.1. The van der Waals surface area contributed by atoms with E-state index < -0.39 is 11.5 Å². The highest BCUT2D eigenvalue weighted by atomic mass is 79.9. The van der Waals surface area contributed by atoms with E-state index in [0.717, 1.165) is 16.3 Å². The minimum Gasteiger partial charge on any atom is -0.492 e. The molecule has 0 saturated carbocycles. The van der Waals surface area contributed by atoms with Crippen LogP contribution in [0.1, 0.15) is 33.8 Å². The predicted molar refractivity (Wildman–Crippen MR) is 140 cm³/mol. The molecule has 3 aromatic rings. The van der Waals surface area contributed by atoms with Crippen LogP contribution in [-0.4, -0.2) is 37.0 Å². The number of carbonyl (C=O) groups excluding carboxylic acids is 2. The SMILES string of the molecule is O=CC[C@H](c1ccccc1)[C@@]1(c2ccc(Br)cc2)Oc2cc(OCCCl)cc(OCCCl)c2C1=O. The summed E-state index contributed by atoms with van der Waals surface area (Å²) in [5.41, 5.74) is 0.243. The molecule has 5 nitrogen and oxygen atoms in total. The first-order valence-corrected chi connectivity index (χ1v) is 12.9. The Hall–Kier alpha value is -2.54. The summed E-state index contributed by atoms with van der Waals surface area (Å²) in [7, 11) is 0. The quantitative estimate of drug-likeness (QED) is 0.191. The van der Waals surface area contributed by atoms with E-state index in [9.17, 15) is 9.59 Å². The fraction of sp³-hybridized carbons (Fsp3) is 0.259. The van der Waals surface area contributed by atoms with Crippen LogP contribution in [0.25, 0.3) is 0 Å². The zero-order chi connectivity index (χ0) is 24.8. The molecule has 0 aliphatic carbocycles. The second kappa shape index (κ2) is 11.5. The minimum absolute atomic E-state index is 0.0767. The highest BCUT2D eigenvalue weighted by Gasteiger charge is 2.56. The smallest absolute Gasteiger partial charge is 0.219 e. The van der Waals surface area contributed by atoms with Crippen molar-refractivity contribution in [1.82, 2.24) is 0 Å². The van der Waals surface area contributed by atoms with Gasteiger partial charge in [-0.25, -0.2) is 0 Å². The molecule has 8 heteroatoms. The minimum atomic E-state index is -1.49. The Bertz CT molecular complexity index is 1190. The Labute approximate surface area is 222 Å². The molecule has 0 spiro atoms. The molecule has 4 rings (SSSR count). The summed E-state index contributed by atoms with van der Waals surface area (Å²) in [4.78, 5) is 26.3. The van der Waals surface area contributed by atoms with Gasteiger partial charge < -0.3 is 19.0 Å². The molecule has 0 saturated heterocycles. The van der Waals surface area contributed by atoms with E-state index in [-0.39, 0.29) is 31.3 Å². The van der Waals surface area contributed by atoms with Gasteiger partial charge in [0.1, 0.15) is 42.3 Å². The van der Waals surface area contributed by atoms with Gasteiger partial charge in [0, 0.05) is 34.5 Å². The Kier molecular flexibility index (Phi) is 8.37. The van der Waals surface area contributed by atoms with Crippen LogP contribution in [0, 0.1) is 0 Å². The van der Waals surface area contributed by atoms with Crippen LogP contribution in [0.5, 0.6) is 17.2 Å². The third-order valence-corrected chi connectivity index (χ3v) is 6.69. The van der Waals surface area contributed by atoms with Gasteiger partial charge in [0.05, 0.1) is 11.8 Å².